The minimum atomic E-state index is 0.210. The first-order valence-electron chi connectivity index (χ1n) is 6.13. The number of nitrogens with two attached hydrogens (primary N) is 1. The molecule has 1 heterocycles. The molecule has 0 radical (unpaired) electrons. The summed E-state index contributed by atoms with van der Waals surface area (Å²) >= 11 is 5.83. The molecular weight excluding hydrogens is 238 g/mol. The zero-order valence-electron chi connectivity index (χ0n) is 10.0. The van der Waals surface area contributed by atoms with Gasteiger partial charge in [0.25, 0.3) is 0 Å². The molecule has 2 N–H and O–H groups in total. The Morgan fingerprint density at radius 1 is 1.47 bits per heavy atom. The molecule has 4 nitrogen and oxygen atoms in total. The van der Waals surface area contributed by atoms with Gasteiger partial charge in [-0.3, -0.25) is 0 Å². The standard InChI is InChI=1S/C12H18ClN3O/c1-2-8-4-3-5-9(6-8)17-12-10(14)11(13)15-7-16-12/h7-9H,2-6,14H2,1H3. The fourth-order valence-corrected chi connectivity index (χ4v) is 2.46. The van der Waals surface area contributed by atoms with Gasteiger partial charge in [-0.05, 0) is 25.2 Å². The molecule has 0 aromatic carbocycles. The van der Waals surface area contributed by atoms with Crippen LogP contribution in [-0.2, 0) is 0 Å². The van der Waals surface area contributed by atoms with Crippen molar-refractivity contribution < 1.29 is 4.74 Å². The number of nitrogens with zero attached hydrogens (tertiary/aromatic N) is 2. The van der Waals surface area contributed by atoms with E-state index in [0.29, 0.717) is 11.6 Å². The van der Waals surface area contributed by atoms with Gasteiger partial charge in [0.1, 0.15) is 18.1 Å². The Balaban J connectivity index is 2.02. The summed E-state index contributed by atoms with van der Waals surface area (Å²) in [7, 11) is 0. The summed E-state index contributed by atoms with van der Waals surface area (Å²) in [6.45, 7) is 2.23. The predicted molar refractivity (Wildman–Crippen MR) is 68.1 cm³/mol. The van der Waals surface area contributed by atoms with Crippen LogP contribution in [0.3, 0.4) is 0 Å². The van der Waals surface area contributed by atoms with E-state index in [1.165, 1.54) is 25.6 Å². The first-order chi connectivity index (χ1) is 8.20. The topological polar surface area (TPSA) is 61.0 Å². The third-order valence-corrected chi connectivity index (χ3v) is 3.69. The number of aromatic nitrogens is 2. The maximum atomic E-state index is 5.84. The van der Waals surface area contributed by atoms with Gasteiger partial charge in [-0.2, -0.15) is 4.98 Å². The molecule has 94 valence electrons. The van der Waals surface area contributed by atoms with Crippen molar-refractivity contribution in [3.8, 4) is 5.88 Å². The molecule has 1 fully saturated rings. The second-order valence-corrected chi connectivity index (χ2v) is 4.92. The van der Waals surface area contributed by atoms with Crippen molar-refractivity contribution >= 4 is 17.3 Å². The minimum Gasteiger partial charge on any atom is -0.473 e. The largest absolute Gasteiger partial charge is 0.473 e. The zero-order chi connectivity index (χ0) is 12.3. The second kappa shape index (κ2) is 5.54. The molecule has 5 heteroatoms. The van der Waals surface area contributed by atoms with E-state index < -0.39 is 0 Å². The van der Waals surface area contributed by atoms with E-state index in [-0.39, 0.29) is 11.3 Å². The van der Waals surface area contributed by atoms with Crippen molar-refractivity contribution in [1.29, 1.82) is 0 Å². The average Bonchev–Trinajstić information content (AvgIpc) is 2.35. The highest BCUT2D eigenvalue weighted by Gasteiger charge is 2.23. The zero-order valence-corrected chi connectivity index (χ0v) is 10.8. The fourth-order valence-electron chi connectivity index (χ4n) is 2.33. The Hall–Kier alpha value is -1.03. The third-order valence-electron chi connectivity index (χ3n) is 3.39. The molecule has 2 rings (SSSR count). The van der Waals surface area contributed by atoms with Crippen molar-refractivity contribution in [1.82, 2.24) is 9.97 Å². The molecule has 0 amide bonds. The third kappa shape index (κ3) is 3.00. The molecule has 2 unspecified atom stereocenters. The van der Waals surface area contributed by atoms with E-state index in [1.54, 1.807) is 0 Å². The van der Waals surface area contributed by atoms with Crippen LogP contribution in [0.4, 0.5) is 5.69 Å². The summed E-state index contributed by atoms with van der Waals surface area (Å²) < 4.78 is 5.84. The maximum Gasteiger partial charge on any atom is 0.242 e. The van der Waals surface area contributed by atoms with Gasteiger partial charge < -0.3 is 10.5 Å². The molecule has 1 saturated carbocycles. The number of rotatable bonds is 3. The van der Waals surface area contributed by atoms with E-state index in [9.17, 15) is 0 Å². The van der Waals surface area contributed by atoms with E-state index >= 15 is 0 Å². The van der Waals surface area contributed by atoms with Crippen LogP contribution in [0.25, 0.3) is 0 Å². The highest BCUT2D eigenvalue weighted by molar-refractivity contribution is 6.32. The van der Waals surface area contributed by atoms with E-state index in [1.807, 2.05) is 0 Å². The summed E-state index contributed by atoms with van der Waals surface area (Å²) in [5.41, 5.74) is 6.13. The summed E-state index contributed by atoms with van der Waals surface area (Å²) in [6, 6.07) is 0. The van der Waals surface area contributed by atoms with Crippen LogP contribution in [0.15, 0.2) is 6.33 Å². The van der Waals surface area contributed by atoms with Crippen molar-refractivity contribution in [2.75, 3.05) is 5.73 Å². The normalized spacial score (nSPS) is 24.6. The van der Waals surface area contributed by atoms with Crippen molar-refractivity contribution in [2.45, 2.75) is 45.1 Å². The quantitative estimate of drug-likeness (QED) is 0.844. The molecule has 17 heavy (non-hydrogen) atoms. The lowest BCUT2D eigenvalue weighted by Crippen LogP contribution is -2.25. The molecule has 0 spiro atoms. The molecule has 2 atom stereocenters. The van der Waals surface area contributed by atoms with E-state index in [0.717, 1.165) is 18.8 Å². The van der Waals surface area contributed by atoms with Gasteiger partial charge in [-0.25, -0.2) is 4.98 Å². The smallest absolute Gasteiger partial charge is 0.242 e. The Morgan fingerprint density at radius 2 is 2.29 bits per heavy atom. The van der Waals surface area contributed by atoms with Gasteiger partial charge in [-0.15, -0.1) is 0 Å². The highest BCUT2D eigenvalue weighted by Crippen LogP contribution is 2.31. The molecular formula is C12H18ClN3O. The predicted octanol–water partition coefficient (Wildman–Crippen LogP) is 3.06. The van der Waals surface area contributed by atoms with Crippen molar-refractivity contribution in [3.63, 3.8) is 0 Å². The van der Waals surface area contributed by atoms with Gasteiger partial charge in [0.05, 0.1) is 0 Å². The van der Waals surface area contributed by atoms with Gasteiger partial charge in [-0.1, -0.05) is 31.4 Å². The Kier molecular flexibility index (Phi) is 4.05. The van der Waals surface area contributed by atoms with Crippen LogP contribution in [0, 0.1) is 5.92 Å². The minimum absolute atomic E-state index is 0.210. The summed E-state index contributed by atoms with van der Waals surface area (Å²) in [5.74, 6) is 1.18. The van der Waals surface area contributed by atoms with Crippen molar-refractivity contribution in [2.24, 2.45) is 5.92 Å². The summed E-state index contributed by atoms with van der Waals surface area (Å²) in [6.07, 6.45) is 7.46. The lowest BCUT2D eigenvalue weighted by atomic mass is 9.85. The van der Waals surface area contributed by atoms with Crippen LogP contribution < -0.4 is 10.5 Å². The molecule has 0 aliphatic heterocycles. The van der Waals surface area contributed by atoms with Crippen LogP contribution in [-0.4, -0.2) is 16.1 Å². The Bertz CT molecular complexity index is 386. The van der Waals surface area contributed by atoms with Crippen LogP contribution in [0.5, 0.6) is 5.88 Å². The van der Waals surface area contributed by atoms with Crippen molar-refractivity contribution in [3.05, 3.63) is 11.5 Å². The molecule has 1 aromatic rings. The molecule has 0 bridgehead atoms. The molecule has 0 saturated heterocycles. The monoisotopic (exact) mass is 255 g/mol. The fraction of sp³-hybridized carbons (Fsp3) is 0.667. The first-order valence-corrected chi connectivity index (χ1v) is 6.51. The van der Waals surface area contributed by atoms with Gasteiger partial charge in [0, 0.05) is 0 Å². The number of nitrogen functional groups attached to an aromatic ring is 1. The van der Waals surface area contributed by atoms with Gasteiger partial charge in [0.15, 0.2) is 5.15 Å². The first kappa shape index (κ1) is 12.4. The SMILES string of the molecule is CCC1CCCC(Oc2ncnc(Cl)c2N)C1. The highest BCUT2D eigenvalue weighted by atomic mass is 35.5. The van der Waals surface area contributed by atoms with Gasteiger partial charge in [0.2, 0.25) is 5.88 Å². The number of hydrogen-bond donors (Lipinski definition) is 1. The number of anilines is 1. The number of ether oxygens (including phenoxy) is 1. The molecule has 1 aliphatic rings. The van der Waals surface area contributed by atoms with Crippen LogP contribution >= 0.6 is 11.6 Å². The number of halogens is 1. The summed E-state index contributed by atoms with van der Waals surface area (Å²) in [5, 5.41) is 0.262. The van der Waals surface area contributed by atoms with E-state index in [4.69, 9.17) is 22.1 Å². The average molecular weight is 256 g/mol. The Morgan fingerprint density at radius 3 is 3.06 bits per heavy atom. The lowest BCUT2D eigenvalue weighted by Gasteiger charge is -2.28. The number of hydrogen-bond acceptors (Lipinski definition) is 4. The van der Waals surface area contributed by atoms with Crippen LogP contribution in [0.1, 0.15) is 39.0 Å². The lowest BCUT2D eigenvalue weighted by molar-refractivity contribution is 0.118. The second-order valence-electron chi connectivity index (χ2n) is 4.56. The maximum absolute atomic E-state index is 5.84. The summed E-state index contributed by atoms with van der Waals surface area (Å²) in [4.78, 5) is 7.85. The molecule has 1 aliphatic carbocycles. The van der Waals surface area contributed by atoms with E-state index in [2.05, 4.69) is 16.9 Å². The van der Waals surface area contributed by atoms with Crippen LogP contribution in [0.2, 0.25) is 5.15 Å². The Labute approximate surface area is 107 Å². The van der Waals surface area contributed by atoms with Gasteiger partial charge >= 0.3 is 0 Å². The molecule has 1 aromatic heterocycles.